The highest BCUT2D eigenvalue weighted by molar-refractivity contribution is 5.96. The molecule has 0 fully saturated rings. The van der Waals surface area contributed by atoms with Gasteiger partial charge in [0.2, 0.25) is 0 Å². The van der Waals surface area contributed by atoms with E-state index in [4.69, 9.17) is 10.3 Å². The summed E-state index contributed by atoms with van der Waals surface area (Å²) in [7, 11) is 1.70. The number of hydrogen-bond donors (Lipinski definition) is 2. The van der Waals surface area contributed by atoms with Crippen LogP contribution in [-0.2, 0) is 13.6 Å². The summed E-state index contributed by atoms with van der Waals surface area (Å²) in [6, 6.07) is 1.75. The Bertz CT molecular complexity index is 543. The van der Waals surface area contributed by atoms with E-state index >= 15 is 0 Å². The minimum atomic E-state index is -0.336. The van der Waals surface area contributed by atoms with Gasteiger partial charge in [-0.2, -0.15) is 5.10 Å². The fourth-order valence-electron chi connectivity index (χ4n) is 1.43. The predicted octanol–water partition coefficient (Wildman–Crippen LogP) is 0.229. The van der Waals surface area contributed by atoms with E-state index in [0.29, 0.717) is 11.4 Å². The Balaban J connectivity index is 2.00. The fourth-order valence-corrected chi connectivity index (χ4v) is 1.43. The number of nitrogens with two attached hydrogens (primary N) is 1. The maximum Gasteiger partial charge on any atom is 0.274 e. The van der Waals surface area contributed by atoms with E-state index in [0.717, 1.165) is 5.69 Å². The number of nitrogens with one attached hydrogen (secondary N) is 1. The maximum absolute atomic E-state index is 11.7. The third kappa shape index (κ3) is 2.44. The van der Waals surface area contributed by atoms with Gasteiger partial charge in [0.1, 0.15) is 0 Å². The number of amides is 1. The first-order valence-corrected chi connectivity index (χ1v) is 5.06. The van der Waals surface area contributed by atoms with Crippen molar-refractivity contribution in [3.8, 4) is 0 Å². The summed E-state index contributed by atoms with van der Waals surface area (Å²) in [6.07, 6.45) is 1.58. The van der Waals surface area contributed by atoms with E-state index in [2.05, 4.69) is 15.6 Å². The van der Waals surface area contributed by atoms with E-state index in [1.165, 1.54) is 4.68 Å². The van der Waals surface area contributed by atoms with Crippen molar-refractivity contribution in [2.24, 2.45) is 7.05 Å². The third-order valence-corrected chi connectivity index (χ3v) is 2.17. The summed E-state index contributed by atoms with van der Waals surface area (Å²) >= 11 is 0. The molecule has 0 aliphatic rings. The van der Waals surface area contributed by atoms with E-state index in [1.54, 1.807) is 19.3 Å². The molecule has 0 saturated heterocycles. The summed E-state index contributed by atoms with van der Waals surface area (Å²) in [5.74, 6) is 0.252. The highest BCUT2D eigenvalue weighted by atomic mass is 16.5. The molecule has 0 bridgehead atoms. The topological polar surface area (TPSA) is 99.0 Å². The van der Waals surface area contributed by atoms with Crippen LogP contribution in [0.25, 0.3) is 0 Å². The van der Waals surface area contributed by atoms with Gasteiger partial charge in [-0.1, -0.05) is 5.16 Å². The van der Waals surface area contributed by atoms with Crippen LogP contribution in [0.4, 0.5) is 5.69 Å². The van der Waals surface area contributed by atoms with Crippen LogP contribution in [0.5, 0.6) is 0 Å². The first-order valence-electron chi connectivity index (χ1n) is 5.06. The van der Waals surface area contributed by atoms with Gasteiger partial charge in [0, 0.05) is 19.3 Å². The maximum atomic E-state index is 11.7. The molecular formula is C10H13N5O2. The zero-order valence-electron chi connectivity index (χ0n) is 9.60. The Labute approximate surface area is 97.6 Å². The first kappa shape index (κ1) is 11.2. The van der Waals surface area contributed by atoms with Crippen molar-refractivity contribution < 1.29 is 9.32 Å². The van der Waals surface area contributed by atoms with Crippen LogP contribution >= 0.6 is 0 Å². The monoisotopic (exact) mass is 235 g/mol. The summed E-state index contributed by atoms with van der Waals surface area (Å²) < 4.78 is 6.45. The van der Waals surface area contributed by atoms with Gasteiger partial charge in [0.05, 0.1) is 17.9 Å². The molecular weight excluding hydrogens is 222 g/mol. The Hall–Kier alpha value is -2.31. The Morgan fingerprint density at radius 2 is 2.41 bits per heavy atom. The van der Waals surface area contributed by atoms with Gasteiger partial charge in [-0.15, -0.1) is 0 Å². The van der Waals surface area contributed by atoms with Crippen molar-refractivity contribution in [2.45, 2.75) is 13.5 Å². The van der Waals surface area contributed by atoms with Crippen LogP contribution in [-0.4, -0.2) is 20.8 Å². The lowest BCUT2D eigenvalue weighted by atomic mass is 10.3. The first-order chi connectivity index (χ1) is 8.06. The lowest BCUT2D eigenvalue weighted by Gasteiger charge is -2.00. The number of aryl methyl sites for hydroxylation is 2. The number of carbonyl (C=O) groups is 1. The molecule has 0 spiro atoms. The van der Waals surface area contributed by atoms with Gasteiger partial charge in [-0.05, 0) is 6.92 Å². The highest BCUT2D eigenvalue weighted by Gasteiger charge is 2.14. The molecule has 0 radical (unpaired) electrons. The molecule has 2 aromatic heterocycles. The minimum absolute atomic E-state index is 0.212. The second-order valence-corrected chi connectivity index (χ2v) is 3.72. The molecule has 0 unspecified atom stereocenters. The third-order valence-electron chi connectivity index (χ3n) is 2.17. The van der Waals surface area contributed by atoms with E-state index < -0.39 is 0 Å². The van der Waals surface area contributed by atoms with Crippen LogP contribution in [0.1, 0.15) is 21.9 Å². The molecule has 7 heteroatoms. The molecule has 3 N–H and O–H groups in total. The van der Waals surface area contributed by atoms with Crippen molar-refractivity contribution >= 4 is 11.6 Å². The Kier molecular flexibility index (Phi) is 2.82. The smallest absolute Gasteiger partial charge is 0.274 e. The zero-order valence-corrected chi connectivity index (χ0v) is 9.60. The minimum Gasteiger partial charge on any atom is -0.396 e. The Morgan fingerprint density at radius 3 is 2.94 bits per heavy atom. The molecule has 0 aliphatic carbocycles. The molecule has 2 rings (SSSR count). The second kappa shape index (κ2) is 4.28. The van der Waals surface area contributed by atoms with Crippen LogP contribution in [0.15, 0.2) is 16.8 Å². The predicted molar refractivity (Wildman–Crippen MR) is 60.0 cm³/mol. The van der Waals surface area contributed by atoms with Crippen molar-refractivity contribution in [3.05, 3.63) is 29.4 Å². The fraction of sp³-hybridized carbons (Fsp3) is 0.300. The van der Waals surface area contributed by atoms with Crippen LogP contribution in [0.2, 0.25) is 0 Å². The van der Waals surface area contributed by atoms with Crippen LogP contribution < -0.4 is 11.1 Å². The molecule has 1 amide bonds. The van der Waals surface area contributed by atoms with E-state index in [9.17, 15) is 4.79 Å². The average molecular weight is 235 g/mol. The largest absolute Gasteiger partial charge is 0.396 e. The lowest BCUT2D eigenvalue weighted by Crippen LogP contribution is -2.24. The van der Waals surface area contributed by atoms with Gasteiger partial charge in [-0.3, -0.25) is 9.48 Å². The number of hydrogen-bond acceptors (Lipinski definition) is 5. The summed E-state index contributed by atoms with van der Waals surface area (Å²) in [6.45, 7) is 2.07. The van der Waals surface area contributed by atoms with Gasteiger partial charge < -0.3 is 15.6 Å². The number of nitrogens with zero attached hydrogens (tertiary/aromatic N) is 3. The summed E-state index contributed by atoms with van der Waals surface area (Å²) in [4.78, 5) is 11.7. The van der Waals surface area contributed by atoms with Crippen LogP contribution in [0.3, 0.4) is 0 Å². The average Bonchev–Trinajstić information content (AvgIpc) is 2.81. The zero-order chi connectivity index (χ0) is 12.4. The van der Waals surface area contributed by atoms with Gasteiger partial charge in [-0.25, -0.2) is 0 Å². The molecule has 2 aromatic rings. The number of rotatable bonds is 3. The number of nitrogen functional groups attached to an aromatic ring is 1. The summed E-state index contributed by atoms with van der Waals surface area (Å²) in [5, 5.41) is 10.3. The van der Waals surface area contributed by atoms with Crippen LogP contribution in [0, 0.1) is 6.92 Å². The van der Waals surface area contributed by atoms with Gasteiger partial charge in [0.25, 0.3) is 5.91 Å². The number of carbonyl (C=O) groups excluding carboxylic acids is 1. The van der Waals surface area contributed by atoms with Crippen molar-refractivity contribution in [3.63, 3.8) is 0 Å². The molecule has 0 atom stereocenters. The molecule has 7 nitrogen and oxygen atoms in total. The molecule has 0 saturated carbocycles. The molecule has 17 heavy (non-hydrogen) atoms. The van der Waals surface area contributed by atoms with Gasteiger partial charge >= 0.3 is 0 Å². The lowest BCUT2D eigenvalue weighted by molar-refractivity contribution is 0.0942. The molecule has 2 heterocycles. The quantitative estimate of drug-likeness (QED) is 0.793. The normalized spacial score (nSPS) is 10.5. The van der Waals surface area contributed by atoms with E-state index in [1.807, 2.05) is 6.92 Å². The highest BCUT2D eigenvalue weighted by Crippen LogP contribution is 2.08. The molecule has 90 valence electrons. The van der Waals surface area contributed by atoms with Gasteiger partial charge in [0.15, 0.2) is 11.5 Å². The SMILES string of the molecule is Cc1cc(CNC(=O)c2nn(C)cc2N)on1. The van der Waals surface area contributed by atoms with Crippen molar-refractivity contribution in [2.75, 3.05) is 5.73 Å². The van der Waals surface area contributed by atoms with Crippen molar-refractivity contribution in [1.82, 2.24) is 20.3 Å². The second-order valence-electron chi connectivity index (χ2n) is 3.72. The standard InChI is InChI=1S/C10H13N5O2/c1-6-3-7(17-14-6)4-12-10(16)9-8(11)5-15(2)13-9/h3,5H,4,11H2,1-2H3,(H,12,16). The molecule has 0 aliphatic heterocycles. The Morgan fingerprint density at radius 1 is 1.65 bits per heavy atom. The molecule has 0 aromatic carbocycles. The summed E-state index contributed by atoms with van der Waals surface area (Å²) in [5.41, 5.74) is 6.96. The number of anilines is 1. The number of aromatic nitrogens is 3. The van der Waals surface area contributed by atoms with Crippen molar-refractivity contribution in [1.29, 1.82) is 0 Å². The van der Waals surface area contributed by atoms with E-state index in [-0.39, 0.29) is 18.1 Å².